The molecule has 0 saturated heterocycles. The number of nitrogens with zero attached hydrogens (tertiary/aromatic N) is 1. The van der Waals surface area contributed by atoms with Crippen LogP contribution >= 0.6 is 0 Å². The van der Waals surface area contributed by atoms with E-state index in [-0.39, 0.29) is 18.3 Å². The molecular weight excluding hydrogens is 316 g/mol. The maximum atomic E-state index is 12.5. The second-order valence-corrected chi connectivity index (χ2v) is 5.05. The Morgan fingerprint density at radius 3 is 2.71 bits per heavy atom. The number of aryl methyl sites for hydroxylation is 1. The Balaban J connectivity index is 2.11. The van der Waals surface area contributed by atoms with Crippen molar-refractivity contribution in [2.24, 2.45) is 10.7 Å². The van der Waals surface area contributed by atoms with Gasteiger partial charge in [0.05, 0.1) is 13.7 Å². The number of methoxy groups -OCH3 is 1. The van der Waals surface area contributed by atoms with Gasteiger partial charge in [0.1, 0.15) is 11.5 Å². The summed E-state index contributed by atoms with van der Waals surface area (Å²) in [6, 6.07) is 12.3. The Labute approximate surface area is 139 Å². The van der Waals surface area contributed by atoms with Crippen LogP contribution in [0.3, 0.4) is 0 Å². The number of halogens is 2. The van der Waals surface area contributed by atoms with Gasteiger partial charge >= 0.3 is 6.61 Å². The zero-order chi connectivity index (χ0) is 17.5. The first-order valence-electron chi connectivity index (χ1n) is 7.23. The standard InChI is InChI=1S/C17H19F2N3O2/c1-11-4-3-5-13(8-11)22-17(20)21-10-12-6-7-14(23-2)9-15(12)24-16(18)19/h3-9,16H,10H2,1-2H3,(H3,20,21,22). The third-order valence-electron chi connectivity index (χ3n) is 3.20. The molecule has 2 aromatic carbocycles. The quantitative estimate of drug-likeness (QED) is 0.626. The number of aliphatic imine (C=N–C) groups is 1. The van der Waals surface area contributed by atoms with E-state index in [1.165, 1.54) is 13.2 Å². The van der Waals surface area contributed by atoms with Gasteiger partial charge < -0.3 is 20.5 Å². The molecule has 0 aliphatic carbocycles. The molecule has 0 heterocycles. The summed E-state index contributed by atoms with van der Waals surface area (Å²) < 4.78 is 34.6. The number of anilines is 1. The maximum absolute atomic E-state index is 12.5. The first kappa shape index (κ1) is 17.5. The van der Waals surface area contributed by atoms with Crippen molar-refractivity contribution in [1.82, 2.24) is 0 Å². The molecule has 7 heteroatoms. The lowest BCUT2D eigenvalue weighted by Crippen LogP contribution is -2.22. The molecule has 3 N–H and O–H groups in total. The van der Waals surface area contributed by atoms with Crippen molar-refractivity contribution >= 4 is 11.6 Å². The van der Waals surface area contributed by atoms with Crippen LogP contribution in [0.25, 0.3) is 0 Å². The normalized spacial score (nSPS) is 11.5. The fourth-order valence-electron chi connectivity index (χ4n) is 2.08. The Morgan fingerprint density at radius 1 is 1.25 bits per heavy atom. The molecule has 2 rings (SSSR count). The molecule has 0 saturated carbocycles. The third-order valence-corrected chi connectivity index (χ3v) is 3.20. The number of ether oxygens (including phenoxy) is 2. The molecule has 0 fully saturated rings. The van der Waals surface area contributed by atoms with E-state index in [0.29, 0.717) is 11.3 Å². The predicted molar refractivity (Wildman–Crippen MR) is 89.8 cm³/mol. The van der Waals surface area contributed by atoms with Crippen LogP contribution in [0.1, 0.15) is 11.1 Å². The highest BCUT2D eigenvalue weighted by Gasteiger charge is 2.11. The minimum atomic E-state index is -2.93. The lowest BCUT2D eigenvalue weighted by molar-refractivity contribution is -0.0505. The first-order chi connectivity index (χ1) is 11.5. The summed E-state index contributed by atoms with van der Waals surface area (Å²) in [5.74, 6) is 0.611. The number of guanidine groups is 1. The van der Waals surface area contributed by atoms with Crippen molar-refractivity contribution in [2.45, 2.75) is 20.1 Å². The Bertz CT molecular complexity index is 721. The number of hydrogen-bond acceptors (Lipinski definition) is 3. The Hall–Kier alpha value is -2.83. The number of nitrogens with two attached hydrogens (primary N) is 1. The molecule has 0 radical (unpaired) electrons. The van der Waals surface area contributed by atoms with Gasteiger partial charge in [-0.2, -0.15) is 8.78 Å². The van der Waals surface area contributed by atoms with Crippen molar-refractivity contribution < 1.29 is 18.3 Å². The van der Waals surface area contributed by atoms with Gasteiger partial charge in [-0.15, -0.1) is 0 Å². The van der Waals surface area contributed by atoms with E-state index >= 15 is 0 Å². The van der Waals surface area contributed by atoms with Crippen LogP contribution in [-0.4, -0.2) is 19.7 Å². The molecular formula is C17H19F2N3O2. The fraction of sp³-hybridized carbons (Fsp3) is 0.235. The SMILES string of the molecule is COc1ccc(CN=C(N)Nc2cccc(C)c2)c(OC(F)F)c1. The Kier molecular flexibility index (Phi) is 5.95. The van der Waals surface area contributed by atoms with Crippen LogP contribution in [0.15, 0.2) is 47.5 Å². The molecule has 0 aliphatic rings. The summed E-state index contributed by atoms with van der Waals surface area (Å²) in [6.07, 6.45) is 0. The highest BCUT2D eigenvalue weighted by atomic mass is 19.3. The predicted octanol–water partition coefficient (Wildman–Crippen LogP) is 3.53. The van der Waals surface area contributed by atoms with E-state index in [0.717, 1.165) is 11.3 Å². The molecule has 0 aliphatic heterocycles. The number of hydrogen-bond donors (Lipinski definition) is 2. The van der Waals surface area contributed by atoms with E-state index < -0.39 is 6.61 Å². The highest BCUT2D eigenvalue weighted by molar-refractivity contribution is 5.92. The number of benzene rings is 2. The minimum Gasteiger partial charge on any atom is -0.497 e. The fourth-order valence-corrected chi connectivity index (χ4v) is 2.08. The molecule has 128 valence electrons. The summed E-state index contributed by atoms with van der Waals surface area (Å²) in [5.41, 5.74) is 8.19. The zero-order valence-electron chi connectivity index (χ0n) is 13.4. The average molecular weight is 335 g/mol. The van der Waals surface area contributed by atoms with Gasteiger partial charge in [0.2, 0.25) is 0 Å². The molecule has 0 bridgehead atoms. The number of nitrogens with one attached hydrogen (secondary N) is 1. The van der Waals surface area contributed by atoms with Gasteiger partial charge in [-0.1, -0.05) is 12.1 Å². The van der Waals surface area contributed by atoms with Crippen molar-refractivity contribution in [1.29, 1.82) is 0 Å². The van der Waals surface area contributed by atoms with Crippen LogP contribution in [-0.2, 0) is 6.54 Å². The van der Waals surface area contributed by atoms with Gasteiger partial charge in [-0.05, 0) is 36.8 Å². The summed E-state index contributed by atoms with van der Waals surface area (Å²) in [6.45, 7) is -0.872. The highest BCUT2D eigenvalue weighted by Crippen LogP contribution is 2.27. The van der Waals surface area contributed by atoms with Crippen LogP contribution in [0, 0.1) is 6.92 Å². The lowest BCUT2D eigenvalue weighted by atomic mass is 10.2. The molecule has 24 heavy (non-hydrogen) atoms. The second kappa shape index (κ2) is 8.14. The monoisotopic (exact) mass is 335 g/mol. The molecule has 0 spiro atoms. The van der Waals surface area contributed by atoms with Crippen molar-refractivity contribution in [3.63, 3.8) is 0 Å². The molecule has 2 aromatic rings. The van der Waals surface area contributed by atoms with Crippen LogP contribution in [0.4, 0.5) is 14.5 Å². The molecule has 0 aromatic heterocycles. The Morgan fingerprint density at radius 2 is 2.04 bits per heavy atom. The molecule has 0 unspecified atom stereocenters. The van der Waals surface area contributed by atoms with E-state index in [9.17, 15) is 8.78 Å². The summed E-state index contributed by atoms with van der Waals surface area (Å²) in [7, 11) is 1.45. The van der Waals surface area contributed by atoms with Crippen molar-refractivity contribution in [2.75, 3.05) is 12.4 Å². The average Bonchev–Trinajstić information content (AvgIpc) is 2.53. The van der Waals surface area contributed by atoms with Gasteiger partial charge in [0, 0.05) is 17.3 Å². The second-order valence-electron chi connectivity index (χ2n) is 5.05. The molecule has 0 atom stereocenters. The largest absolute Gasteiger partial charge is 0.497 e. The van der Waals surface area contributed by atoms with Gasteiger partial charge in [-0.25, -0.2) is 4.99 Å². The number of alkyl halides is 2. The lowest BCUT2D eigenvalue weighted by Gasteiger charge is -2.11. The smallest absolute Gasteiger partial charge is 0.387 e. The maximum Gasteiger partial charge on any atom is 0.387 e. The third kappa shape index (κ3) is 5.12. The van der Waals surface area contributed by atoms with Crippen LogP contribution in [0.2, 0.25) is 0 Å². The van der Waals surface area contributed by atoms with Crippen LogP contribution in [0.5, 0.6) is 11.5 Å². The van der Waals surface area contributed by atoms with Crippen LogP contribution < -0.4 is 20.5 Å². The van der Waals surface area contributed by atoms with Crippen molar-refractivity contribution in [3.05, 3.63) is 53.6 Å². The number of rotatable bonds is 6. The van der Waals surface area contributed by atoms with E-state index in [2.05, 4.69) is 15.0 Å². The van der Waals surface area contributed by atoms with E-state index in [1.54, 1.807) is 12.1 Å². The summed E-state index contributed by atoms with van der Waals surface area (Å²) in [4.78, 5) is 4.16. The first-order valence-corrected chi connectivity index (χ1v) is 7.23. The zero-order valence-corrected chi connectivity index (χ0v) is 13.4. The van der Waals surface area contributed by atoms with Gasteiger partial charge in [0.15, 0.2) is 5.96 Å². The van der Waals surface area contributed by atoms with Crippen molar-refractivity contribution in [3.8, 4) is 11.5 Å². The minimum absolute atomic E-state index is 0.0106. The summed E-state index contributed by atoms with van der Waals surface area (Å²) in [5, 5.41) is 2.95. The topological polar surface area (TPSA) is 68.9 Å². The van der Waals surface area contributed by atoms with E-state index in [1.807, 2.05) is 31.2 Å². The van der Waals surface area contributed by atoms with Gasteiger partial charge in [-0.3, -0.25) is 0 Å². The molecule has 5 nitrogen and oxygen atoms in total. The molecule has 0 amide bonds. The van der Waals surface area contributed by atoms with Gasteiger partial charge in [0.25, 0.3) is 0 Å². The van der Waals surface area contributed by atoms with E-state index in [4.69, 9.17) is 10.5 Å². The summed E-state index contributed by atoms with van der Waals surface area (Å²) >= 11 is 0.